The smallest absolute Gasteiger partial charge is 0.228 e. The van der Waals surface area contributed by atoms with Crippen LogP contribution in [0.3, 0.4) is 0 Å². The number of nitrogens with one attached hydrogen (secondary N) is 2. The van der Waals surface area contributed by atoms with E-state index in [4.69, 9.17) is 23.8 Å². The largest absolute Gasteiger partial charge is 0.368 e. The Balaban J connectivity index is 1.99. The third-order valence-corrected chi connectivity index (χ3v) is 4.32. The molecular weight excluding hydrogens is 332 g/mol. The normalized spacial score (nSPS) is 15.6. The highest BCUT2D eigenvalue weighted by atomic mass is 35.5. The SMILES string of the molecule is CC(C)C(=O)NC(=S)Nc1ccc(N2CCN(C)CC2)c(Cl)c1. The van der Waals surface area contributed by atoms with Crippen LogP contribution in [0.2, 0.25) is 5.02 Å². The Bertz CT molecular complexity index is 585. The van der Waals surface area contributed by atoms with Crippen molar-refractivity contribution in [1.29, 1.82) is 0 Å². The van der Waals surface area contributed by atoms with Gasteiger partial charge in [0.1, 0.15) is 0 Å². The Morgan fingerprint density at radius 2 is 1.91 bits per heavy atom. The number of hydrogen-bond acceptors (Lipinski definition) is 4. The lowest BCUT2D eigenvalue weighted by molar-refractivity contribution is -0.122. The van der Waals surface area contributed by atoms with E-state index in [0.29, 0.717) is 5.02 Å². The molecule has 2 rings (SSSR count). The fourth-order valence-corrected chi connectivity index (χ4v) is 2.83. The Hall–Kier alpha value is -1.37. The number of piperazine rings is 1. The second-order valence-electron chi connectivity index (χ2n) is 6.05. The van der Waals surface area contributed by atoms with E-state index in [-0.39, 0.29) is 16.9 Å². The molecule has 1 amide bonds. The quantitative estimate of drug-likeness (QED) is 0.817. The molecule has 0 radical (unpaired) electrons. The summed E-state index contributed by atoms with van der Waals surface area (Å²) in [4.78, 5) is 16.2. The van der Waals surface area contributed by atoms with Crippen LogP contribution in [0.25, 0.3) is 0 Å². The van der Waals surface area contributed by atoms with Gasteiger partial charge in [0.05, 0.1) is 10.7 Å². The van der Waals surface area contributed by atoms with Crippen LogP contribution in [-0.2, 0) is 4.79 Å². The maximum atomic E-state index is 11.6. The minimum atomic E-state index is -0.113. The Labute approximate surface area is 148 Å². The second-order valence-corrected chi connectivity index (χ2v) is 6.87. The van der Waals surface area contributed by atoms with Gasteiger partial charge >= 0.3 is 0 Å². The van der Waals surface area contributed by atoms with E-state index in [1.165, 1.54) is 0 Å². The topological polar surface area (TPSA) is 47.6 Å². The van der Waals surface area contributed by atoms with E-state index in [1.807, 2.05) is 32.0 Å². The van der Waals surface area contributed by atoms with Gasteiger partial charge in [0.2, 0.25) is 5.91 Å². The standard InChI is InChI=1S/C16H23ClN4OS/c1-11(2)15(22)19-16(23)18-12-4-5-14(13(17)10-12)21-8-6-20(3)7-9-21/h4-5,10-11H,6-9H2,1-3H3,(H2,18,19,22,23). The predicted molar refractivity (Wildman–Crippen MR) is 100 cm³/mol. The Morgan fingerprint density at radius 3 is 2.48 bits per heavy atom. The minimum absolute atomic E-state index is 0.109. The number of likely N-dealkylation sites (N-methyl/N-ethyl adjacent to an activating group) is 1. The molecule has 1 saturated heterocycles. The number of anilines is 2. The van der Waals surface area contributed by atoms with Crippen molar-refractivity contribution >= 4 is 46.2 Å². The van der Waals surface area contributed by atoms with E-state index in [1.54, 1.807) is 0 Å². The zero-order valence-electron chi connectivity index (χ0n) is 13.7. The van der Waals surface area contributed by atoms with E-state index in [2.05, 4.69) is 27.5 Å². The maximum Gasteiger partial charge on any atom is 0.228 e. The van der Waals surface area contributed by atoms with Gasteiger partial charge in [-0.1, -0.05) is 25.4 Å². The van der Waals surface area contributed by atoms with Gasteiger partial charge in [-0.15, -0.1) is 0 Å². The van der Waals surface area contributed by atoms with Crippen molar-refractivity contribution in [1.82, 2.24) is 10.2 Å². The van der Waals surface area contributed by atoms with Crippen molar-refractivity contribution < 1.29 is 4.79 Å². The van der Waals surface area contributed by atoms with Gasteiger partial charge in [-0.2, -0.15) is 0 Å². The molecule has 0 bridgehead atoms. The average Bonchev–Trinajstić information content (AvgIpc) is 2.48. The molecule has 126 valence electrons. The number of halogens is 1. The zero-order chi connectivity index (χ0) is 17.0. The summed E-state index contributed by atoms with van der Waals surface area (Å²) in [5, 5.41) is 6.61. The van der Waals surface area contributed by atoms with E-state index in [9.17, 15) is 4.79 Å². The minimum Gasteiger partial charge on any atom is -0.368 e. The first kappa shape index (κ1) is 18.0. The van der Waals surface area contributed by atoms with Crippen LogP contribution < -0.4 is 15.5 Å². The molecule has 1 fully saturated rings. The average molecular weight is 355 g/mol. The summed E-state index contributed by atoms with van der Waals surface area (Å²) in [6.45, 7) is 7.63. The summed E-state index contributed by atoms with van der Waals surface area (Å²) in [6, 6.07) is 5.75. The molecule has 1 aliphatic heterocycles. The van der Waals surface area contributed by atoms with Gasteiger partial charge in [0.25, 0.3) is 0 Å². The maximum absolute atomic E-state index is 11.6. The van der Waals surface area contributed by atoms with Gasteiger partial charge < -0.3 is 20.4 Å². The number of carbonyl (C=O) groups is 1. The Kier molecular flexibility index (Phi) is 6.21. The number of carbonyl (C=O) groups excluding carboxylic acids is 1. The Morgan fingerprint density at radius 1 is 1.26 bits per heavy atom. The van der Waals surface area contributed by atoms with Crippen LogP contribution in [0.4, 0.5) is 11.4 Å². The van der Waals surface area contributed by atoms with Crippen LogP contribution in [0, 0.1) is 5.92 Å². The summed E-state index contributed by atoms with van der Waals surface area (Å²) in [5.41, 5.74) is 1.80. The van der Waals surface area contributed by atoms with Gasteiger partial charge in [0, 0.05) is 37.8 Å². The van der Waals surface area contributed by atoms with E-state index < -0.39 is 0 Å². The molecule has 1 aliphatic rings. The fraction of sp³-hybridized carbons (Fsp3) is 0.500. The molecule has 0 spiro atoms. The van der Waals surface area contributed by atoms with Gasteiger partial charge in [-0.3, -0.25) is 4.79 Å². The number of thiocarbonyl (C=S) groups is 1. The van der Waals surface area contributed by atoms with Crippen molar-refractivity contribution in [3.63, 3.8) is 0 Å². The summed E-state index contributed by atoms with van der Waals surface area (Å²) >= 11 is 11.6. The highest BCUT2D eigenvalue weighted by Gasteiger charge is 2.17. The molecule has 0 saturated carbocycles. The van der Waals surface area contributed by atoms with Crippen LogP contribution in [0.15, 0.2) is 18.2 Å². The zero-order valence-corrected chi connectivity index (χ0v) is 15.3. The lowest BCUT2D eigenvalue weighted by Crippen LogP contribution is -2.44. The lowest BCUT2D eigenvalue weighted by Gasteiger charge is -2.34. The van der Waals surface area contributed by atoms with Crippen molar-refractivity contribution in [2.45, 2.75) is 13.8 Å². The van der Waals surface area contributed by atoms with Crippen LogP contribution >= 0.6 is 23.8 Å². The second kappa shape index (κ2) is 7.95. The molecule has 5 nitrogen and oxygen atoms in total. The van der Waals surface area contributed by atoms with Gasteiger partial charge in [-0.25, -0.2) is 0 Å². The van der Waals surface area contributed by atoms with E-state index in [0.717, 1.165) is 37.6 Å². The molecule has 0 aliphatic carbocycles. The monoisotopic (exact) mass is 354 g/mol. The number of nitrogens with zero attached hydrogens (tertiary/aromatic N) is 2. The van der Waals surface area contributed by atoms with Crippen LogP contribution in [0.1, 0.15) is 13.8 Å². The summed E-state index contributed by atoms with van der Waals surface area (Å²) in [6.07, 6.45) is 0. The number of rotatable bonds is 3. The van der Waals surface area contributed by atoms with Crippen molar-refractivity contribution in [2.24, 2.45) is 5.92 Å². The first-order chi connectivity index (χ1) is 10.9. The highest BCUT2D eigenvalue weighted by molar-refractivity contribution is 7.80. The van der Waals surface area contributed by atoms with Crippen LogP contribution in [0.5, 0.6) is 0 Å². The summed E-state index contributed by atoms with van der Waals surface area (Å²) in [5.74, 6) is -0.222. The van der Waals surface area contributed by atoms with E-state index >= 15 is 0 Å². The van der Waals surface area contributed by atoms with Crippen molar-refractivity contribution in [2.75, 3.05) is 43.4 Å². The molecule has 0 atom stereocenters. The third kappa shape index (κ3) is 5.06. The summed E-state index contributed by atoms with van der Waals surface area (Å²) < 4.78 is 0. The number of hydrogen-bond donors (Lipinski definition) is 2. The molecular formula is C16H23ClN4OS. The molecule has 23 heavy (non-hydrogen) atoms. The molecule has 0 aromatic heterocycles. The van der Waals surface area contributed by atoms with Crippen molar-refractivity contribution in [3.05, 3.63) is 23.2 Å². The number of amides is 1. The predicted octanol–water partition coefficient (Wildman–Crippen LogP) is 2.56. The summed E-state index contributed by atoms with van der Waals surface area (Å²) in [7, 11) is 2.12. The van der Waals surface area contributed by atoms with Gasteiger partial charge in [-0.05, 0) is 37.5 Å². The molecule has 1 aromatic carbocycles. The van der Waals surface area contributed by atoms with Gasteiger partial charge in [0.15, 0.2) is 5.11 Å². The molecule has 7 heteroatoms. The highest BCUT2D eigenvalue weighted by Crippen LogP contribution is 2.29. The molecule has 1 aromatic rings. The fourth-order valence-electron chi connectivity index (χ4n) is 2.31. The third-order valence-electron chi connectivity index (χ3n) is 3.81. The first-order valence-corrected chi connectivity index (χ1v) is 8.50. The molecule has 2 N–H and O–H groups in total. The first-order valence-electron chi connectivity index (χ1n) is 7.71. The lowest BCUT2D eigenvalue weighted by atomic mass is 10.2. The molecule has 1 heterocycles. The van der Waals surface area contributed by atoms with Crippen LogP contribution in [-0.4, -0.2) is 49.1 Å². The number of benzene rings is 1. The molecule has 0 unspecified atom stereocenters. The van der Waals surface area contributed by atoms with Crippen molar-refractivity contribution in [3.8, 4) is 0 Å².